The molecule has 1 aliphatic rings. The Morgan fingerprint density at radius 3 is 2.83 bits per heavy atom. The van der Waals surface area contributed by atoms with E-state index in [1.165, 1.54) is 30.7 Å². The zero-order valence-corrected chi connectivity index (χ0v) is 14.3. The maximum Gasteiger partial charge on any atom is 0.335 e. The molecule has 0 amide bonds. The molecule has 0 bridgehead atoms. The van der Waals surface area contributed by atoms with Crippen molar-refractivity contribution in [1.29, 1.82) is 0 Å². The van der Waals surface area contributed by atoms with Crippen molar-refractivity contribution in [3.8, 4) is 0 Å². The number of carboxylic acids is 1. The van der Waals surface area contributed by atoms with Gasteiger partial charge in [0.2, 0.25) is 10.0 Å². The van der Waals surface area contributed by atoms with Crippen molar-refractivity contribution < 1.29 is 18.3 Å². The molecule has 128 valence electrons. The van der Waals surface area contributed by atoms with E-state index in [1.807, 2.05) is 6.92 Å². The Morgan fingerprint density at radius 2 is 2.17 bits per heavy atom. The molecule has 1 aliphatic heterocycles. The topological polar surface area (TPSA) is 86.7 Å². The monoisotopic (exact) mass is 340 g/mol. The van der Waals surface area contributed by atoms with E-state index in [2.05, 4.69) is 16.5 Å². The highest BCUT2D eigenvalue weighted by molar-refractivity contribution is 7.89. The Labute approximate surface area is 137 Å². The maximum absolute atomic E-state index is 12.4. The van der Waals surface area contributed by atoms with Crippen LogP contribution in [0, 0.1) is 0 Å². The van der Waals surface area contributed by atoms with Crippen molar-refractivity contribution in [1.82, 2.24) is 9.62 Å². The second-order valence-corrected chi connectivity index (χ2v) is 7.88. The Hall–Kier alpha value is -1.44. The van der Waals surface area contributed by atoms with Gasteiger partial charge in [0.1, 0.15) is 0 Å². The Kier molecular flexibility index (Phi) is 5.78. The van der Waals surface area contributed by atoms with Gasteiger partial charge in [-0.3, -0.25) is 4.90 Å². The Morgan fingerprint density at radius 1 is 1.43 bits per heavy atom. The molecule has 1 aromatic rings. The van der Waals surface area contributed by atoms with E-state index in [1.54, 1.807) is 0 Å². The number of carbonyl (C=O) groups is 1. The van der Waals surface area contributed by atoms with E-state index in [0.29, 0.717) is 12.6 Å². The molecule has 0 unspecified atom stereocenters. The van der Waals surface area contributed by atoms with Crippen LogP contribution in [0.3, 0.4) is 0 Å². The van der Waals surface area contributed by atoms with Gasteiger partial charge in [-0.05, 0) is 51.4 Å². The van der Waals surface area contributed by atoms with E-state index in [9.17, 15) is 13.2 Å². The van der Waals surface area contributed by atoms with Crippen LogP contribution in [-0.2, 0) is 10.0 Å². The highest BCUT2D eigenvalue weighted by Gasteiger charge is 2.24. The van der Waals surface area contributed by atoms with Gasteiger partial charge in [-0.15, -0.1) is 0 Å². The number of nitrogens with zero attached hydrogens (tertiary/aromatic N) is 1. The lowest BCUT2D eigenvalue weighted by atomic mass is 10.0. The zero-order valence-electron chi connectivity index (χ0n) is 13.5. The van der Waals surface area contributed by atoms with Crippen LogP contribution in [0.2, 0.25) is 0 Å². The molecular weight excluding hydrogens is 316 g/mol. The van der Waals surface area contributed by atoms with Gasteiger partial charge in [-0.2, -0.15) is 0 Å². The van der Waals surface area contributed by atoms with Crippen LogP contribution in [0.5, 0.6) is 0 Å². The highest BCUT2D eigenvalue weighted by Crippen LogP contribution is 2.19. The molecule has 2 N–H and O–H groups in total. The third-order valence-corrected chi connectivity index (χ3v) is 5.80. The number of sulfonamides is 1. The fourth-order valence-corrected chi connectivity index (χ4v) is 4.17. The minimum Gasteiger partial charge on any atom is -0.478 e. The summed E-state index contributed by atoms with van der Waals surface area (Å²) in [4.78, 5) is 13.3. The molecule has 1 aromatic carbocycles. The first kappa shape index (κ1) is 17.9. The average molecular weight is 340 g/mol. The van der Waals surface area contributed by atoms with Crippen molar-refractivity contribution in [3.63, 3.8) is 0 Å². The van der Waals surface area contributed by atoms with E-state index < -0.39 is 16.0 Å². The van der Waals surface area contributed by atoms with Crippen LogP contribution in [-0.4, -0.2) is 49.6 Å². The number of likely N-dealkylation sites (tertiary alicyclic amines) is 1. The molecule has 2 atom stereocenters. The highest BCUT2D eigenvalue weighted by atomic mass is 32.2. The largest absolute Gasteiger partial charge is 0.478 e. The van der Waals surface area contributed by atoms with Crippen LogP contribution in [0.4, 0.5) is 0 Å². The maximum atomic E-state index is 12.4. The van der Waals surface area contributed by atoms with Crippen molar-refractivity contribution in [2.45, 2.75) is 50.1 Å². The summed E-state index contributed by atoms with van der Waals surface area (Å²) in [6.07, 6.45) is 3.50. The van der Waals surface area contributed by atoms with Gasteiger partial charge >= 0.3 is 5.97 Å². The van der Waals surface area contributed by atoms with Gasteiger partial charge in [0, 0.05) is 18.6 Å². The number of rotatable bonds is 6. The van der Waals surface area contributed by atoms with Gasteiger partial charge < -0.3 is 5.11 Å². The Bertz CT molecular complexity index is 660. The molecule has 0 aromatic heterocycles. The van der Waals surface area contributed by atoms with Gasteiger partial charge in [0.25, 0.3) is 0 Å². The molecule has 1 fully saturated rings. The molecule has 0 radical (unpaired) electrons. The fraction of sp³-hybridized carbons (Fsp3) is 0.562. The van der Waals surface area contributed by atoms with Crippen molar-refractivity contribution >= 4 is 16.0 Å². The summed E-state index contributed by atoms with van der Waals surface area (Å²) >= 11 is 0. The summed E-state index contributed by atoms with van der Waals surface area (Å²) in [6.45, 7) is 5.47. The minimum atomic E-state index is -3.71. The number of benzene rings is 1. The van der Waals surface area contributed by atoms with Crippen LogP contribution < -0.4 is 4.72 Å². The van der Waals surface area contributed by atoms with Crippen LogP contribution in [0.15, 0.2) is 29.2 Å². The molecule has 0 aliphatic carbocycles. The van der Waals surface area contributed by atoms with E-state index in [0.717, 1.165) is 19.4 Å². The zero-order chi connectivity index (χ0) is 17.0. The molecule has 2 rings (SSSR count). The first-order chi connectivity index (χ1) is 10.8. The van der Waals surface area contributed by atoms with Crippen LogP contribution >= 0.6 is 0 Å². The lowest BCUT2D eigenvalue weighted by Gasteiger charge is -2.38. The number of hydrogen-bond acceptors (Lipinski definition) is 4. The molecule has 0 saturated carbocycles. The first-order valence-corrected chi connectivity index (χ1v) is 9.38. The smallest absolute Gasteiger partial charge is 0.335 e. The quantitative estimate of drug-likeness (QED) is 0.826. The number of carboxylic acid groups (broad SMARTS) is 1. The van der Waals surface area contributed by atoms with Crippen molar-refractivity contribution in [3.05, 3.63) is 29.8 Å². The lowest BCUT2D eigenvalue weighted by molar-refractivity contribution is 0.0696. The molecule has 1 heterocycles. The van der Waals surface area contributed by atoms with E-state index in [4.69, 9.17) is 5.11 Å². The second-order valence-electron chi connectivity index (χ2n) is 6.12. The summed E-state index contributed by atoms with van der Waals surface area (Å²) in [5, 5.41) is 8.97. The van der Waals surface area contributed by atoms with Gasteiger partial charge in [0.05, 0.1) is 10.5 Å². The van der Waals surface area contributed by atoms with Crippen LogP contribution in [0.1, 0.15) is 43.5 Å². The number of aromatic carboxylic acids is 1. The summed E-state index contributed by atoms with van der Waals surface area (Å²) in [5.41, 5.74) is -0.0365. The predicted octanol–water partition coefficient (Wildman–Crippen LogP) is 1.93. The van der Waals surface area contributed by atoms with E-state index >= 15 is 0 Å². The summed E-state index contributed by atoms with van der Waals surface area (Å²) < 4.78 is 27.3. The average Bonchev–Trinajstić information content (AvgIpc) is 2.53. The number of hydrogen-bond donors (Lipinski definition) is 2. The van der Waals surface area contributed by atoms with E-state index in [-0.39, 0.29) is 16.5 Å². The van der Waals surface area contributed by atoms with Gasteiger partial charge in [-0.25, -0.2) is 17.9 Å². The normalized spacial score (nSPS) is 21.0. The van der Waals surface area contributed by atoms with Crippen LogP contribution in [0.25, 0.3) is 0 Å². The van der Waals surface area contributed by atoms with Crippen molar-refractivity contribution in [2.24, 2.45) is 0 Å². The van der Waals surface area contributed by atoms with Gasteiger partial charge in [-0.1, -0.05) is 12.5 Å². The van der Waals surface area contributed by atoms with Crippen molar-refractivity contribution in [2.75, 3.05) is 13.1 Å². The summed E-state index contributed by atoms with van der Waals surface area (Å²) in [7, 11) is -3.71. The predicted molar refractivity (Wildman–Crippen MR) is 88.1 cm³/mol. The SMILES string of the molecule is C[C@H](CNS(=O)(=O)c1cccc(C(=O)O)c1)N1CCCC[C@@H]1C. The summed E-state index contributed by atoms with van der Waals surface area (Å²) in [5.74, 6) is -1.14. The molecule has 7 heteroatoms. The third-order valence-electron chi connectivity index (χ3n) is 4.38. The molecule has 23 heavy (non-hydrogen) atoms. The summed E-state index contributed by atoms with van der Waals surface area (Å²) in [6, 6.07) is 5.95. The molecular formula is C16H24N2O4S. The first-order valence-electron chi connectivity index (χ1n) is 7.90. The van der Waals surface area contributed by atoms with Gasteiger partial charge in [0.15, 0.2) is 0 Å². The second kappa shape index (κ2) is 7.42. The molecule has 1 saturated heterocycles. The minimum absolute atomic E-state index is 0.0173. The lowest BCUT2D eigenvalue weighted by Crippen LogP contribution is -2.48. The standard InChI is InChI=1S/C16H24N2O4S/c1-12-6-3-4-9-18(12)13(2)11-17-23(21,22)15-8-5-7-14(10-15)16(19)20/h5,7-8,10,12-13,17H,3-4,6,9,11H2,1-2H3,(H,19,20)/t12-,13+/m0/s1. The fourth-order valence-electron chi connectivity index (χ4n) is 3.00. The molecule has 0 spiro atoms. The number of piperidine rings is 1. The third kappa shape index (κ3) is 4.53. The Balaban J connectivity index is 2.03. The molecule has 6 nitrogen and oxygen atoms in total. The number of nitrogens with one attached hydrogen (secondary N) is 1.